The number of fused-ring (bicyclic) bond motifs is 1. The molecule has 0 saturated heterocycles. The van der Waals surface area contributed by atoms with Crippen LogP contribution in [0, 0.1) is 6.92 Å². The highest BCUT2D eigenvalue weighted by molar-refractivity contribution is 5.82. The van der Waals surface area contributed by atoms with Gasteiger partial charge in [0.15, 0.2) is 0 Å². The molecule has 2 aromatic carbocycles. The molecule has 1 atom stereocenters. The third-order valence-electron chi connectivity index (χ3n) is 3.78. The van der Waals surface area contributed by atoms with Crippen molar-refractivity contribution in [1.82, 2.24) is 10.3 Å². The largest absolute Gasteiger partial charge is 0.309 e. The van der Waals surface area contributed by atoms with Gasteiger partial charge in [0.05, 0.1) is 11.6 Å². The zero-order valence-corrected chi connectivity index (χ0v) is 11.8. The van der Waals surface area contributed by atoms with Crippen LogP contribution in [0.5, 0.6) is 0 Å². The van der Waals surface area contributed by atoms with Crippen LogP contribution in [-0.4, -0.2) is 12.0 Å². The fourth-order valence-corrected chi connectivity index (χ4v) is 2.76. The van der Waals surface area contributed by atoms with Crippen molar-refractivity contribution >= 4 is 10.9 Å². The van der Waals surface area contributed by atoms with Gasteiger partial charge in [0, 0.05) is 11.6 Å². The Bertz CT molecular complexity index is 729. The zero-order chi connectivity index (χ0) is 13.9. The van der Waals surface area contributed by atoms with E-state index in [4.69, 9.17) is 0 Å². The average Bonchev–Trinajstić information content (AvgIpc) is 2.50. The Hall–Kier alpha value is -2.19. The minimum atomic E-state index is 0.184. The number of nitrogens with one attached hydrogen (secondary N) is 1. The maximum atomic E-state index is 4.45. The van der Waals surface area contributed by atoms with Crippen molar-refractivity contribution in [2.45, 2.75) is 13.0 Å². The molecule has 2 heteroatoms. The lowest BCUT2D eigenvalue weighted by atomic mass is 9.93. The maximum absolute atomic E-state index is 4.45. The topological polar surface area (TPSA) is 24.9 Å². The summed E-state index contributed by atoms with van der Waals surface area (Å²) in [6, 6.07) is 19.1. The molecule has 0 aliphatic heterocycles. The monoisotopic (exact) mass is 262 g/mol. The van der Waals surface area contributed by atoms with Crippen LogP contribution in [0.15, 0.2) is 60.8 Å². The maximum Gasteiger partial charge on any atom is 0.0705 e. The van der Waals surface area contributed by atoms with Gasteiger partial charge in [-0.1, -0.05) is 42.5 Å². The molecule has 100 valence electrons. The van der Waals surface area contributed by atoms with Crippen molar-refractivity contribution in [3.8, 4) is 0 Å². The van der Waals surface area contributed by atoms with Gasteiger partial charge in [0.25, 0.3) is 0 Å². The van der Waals surface area contributed by atoms with E-state index in [1.54, 1.807) is 0 Å². The molecule has 1 N–H and O–H groups in total. The standard InChI is InChI=1S/C18H18N2/c1-13-7-3-4-8-14(13)18(19-2)16-11-12-20-17-10-6-5-9-15(16)17/h3-12,18-19H,1-2H3. The molecular formula is C18H18N2. The van der Waals surface area contributed by atoms with Crippen LogP contribution in [0.3, 0.4) is 0 Å². The molecule has 0 fully saturated rings. The second-order valence-corrected chi connectivity index (χ2v) is 5.00. The lowest BCUT2D eigenvalue weighted by Gasteiger charge is -2.20. The van der Waals surface area contributed by atoms with Gasteiger partial charge in [-0.3, -0.25) is 4.98 Å². The van der Waals surface area contributed by atoms with Gasteiger partial charge < -0.3 is 5.32 Å². The molecule has 3 rings (SSSR count). The first-order valence-corrected chi connectivity index (χ1v) is 6.87. The number of hydrogen-bond donors (Lipinski definition) is 1. The summed E-state index contributed by atoms with van der Waals surface area (Å²) in [5.74, 6) is 0. The van der Waals surface area contributed by atoms with Crippen molar-refractivity contribution in [3.63, 3.8) is 0 Å². The molecule has 0 aliphatic rings. The normalized spacial score (nSPS) is 12.5. The van der Waals surface area contributed by atoms with E-state index in [0.29, 0.717) is 0 Å². The Morgan fingerprint density at radius 3 is 2.45 bits per heavy atom. The van der Waals surface area contributed by atoms with Crippen molar-refractivity contribution in [3.05, 3.63) is 77.5 Å². The summed E-state index contributed by atoms with van der Waals surface area (Å²) in [4.78, 5) is 4.45. The van der Waals surface area contributed by atoms with E-state index >= 15 is 0 Å². The summed E-state index contributed by atoms with van der Waals surface area (Å²) in [5.41, 5.74) is 4.92. The summed E-state index contributed by atoms with van der Waals surface area (Å²) < 4.78 is 0. The molecule has 3 aromatic rings. The average molecular weight is 262 g/mol. The Labute approximate surface area is 119 Å². The van der Waals surface area contributed by atoms with E-state index < -0.39 is 0 Å². The van der Waals surface area contributed by atoms with Crippen LogP contribution in [0.4, 0.5) is 0 Å². The summed E-state index contributed by atoms with van der Waals surface area (Å²) in [5, 5.41) is 4.65. The number of hydrogen-bond acceptors (Lipinski definition) is 2. The van der Waals surface area contributed by atoms with Crippen molar-refractivity contribution in [2.75, 3.05) is 7.05 Å². The quantitative estimate of drug-likeness (QED) is 0.775. The van der Waals surface area contributed by atoms with Gasteiger partial charge in [0.2, 0.25) is 0 Å². The summed E-state index contributed by atoms with van der Waals surface area (Å²) in [6.07, 6.45) is 1.89. The predicted molar refractivity (Wildman–Crippen MR) is 83.8 cm³/mol. The van der Waals surface area contributed by atoms with E-state index in [0.717, 1.165) is 5.52 Å². The number of pyridine rings is 1. The van der Waals surface area contributed by atoms with E-state index in [1.165, 1.54) is 22.1 Å². The third kappa shape index (κ3) is 2.19. The predicted octanol–water partition coefficient (Wildman–Crippen LogP) is 3.85. The number of para-hydroxylation sites is 1. The Kier molecular flexibility index (Phi) is 3.48. The number of aromatic nitrogens is 1. The molecule has 0 aliphatic carbocycles. The van der Waals surface area contributed by atoms with Crippen molar-refractivity contribution in [1.29, 1.82) is 0 Å². The molecule has 0 spiro atoms. The highest BCUT2D eigenvalue weighted by Gasteiger charge is 2.16. The Balaban J connectivity index is 2.20. The minimum absolute atomic E-state index is 0.184. The zero-order valence-electron chi connectivity index (χ0n) is 11.8. The first kappa shape index (κ1) is 12.8. The fraction of sp³-hybridized carbons (Fsp3) is 0.167. The molecule has 1 heterocycles. The molecule has 0 bridgehead atoms. The molecule has 1 aromatic heterocycles. The molecule has 0 radical (unpaired) electrons. The molecule has 2 nitrogen and oxygen atoms in total. The van der Waals surface area contributed by atoms with E-state index in [9.17, 15) is 0 Å². The van der Waals surface area contributed by atoms with Crippen LogP contribution in [-0.2, 0) is 0 Å². The number of aryl methyl sites for hydroxylation is 1. The lowest BCUT2D eigenvalue weighted by Crippen LogP contribution is -2.19. The van der Waals surface area contributed by atoms with Gasteiger partial charge in [-0.15, -0.1) is 0 Å². The first-order valence-electron chi connectivity index (χ1n) is 6.87. The Morgan fingerprint density at radius 1 is 0.900 bits per heavy atom. The van der Waals surface area contributed by atoms with Gasteiger partial charge in [-0.05, 0) is 42.8 Å². The molecule has 1 unspecified atom stereocenters. The van der Waals surface area contributed by atoms with Crippen LogP contribution < -0.4 is 5.32 Å². The smallest absolute Gasteiger partial charge is 0.0705 e. The minimum Gasteiger partial charge on any atom is -0.309 e. The van der Waals surface area contributed by atoms with Gasteiger partial charge in [-0.25, -0.2) is 0 Å². The summed E-state index contributed by atoms with van der Waals surface area (Å²) >= 11 is 0. The van der Waals surface area contributed by atoms with Crippen LogP contribution in [0.2, 0.25) is 0 Å². The van der Waals surface area contributed by atoms with E-state index in [1.807, 2.05) is 19.3 Å². The molecule has 0 saturated carbocycles. The van der Waals surface area contributed by atoms with Gasteiger partial charge in [0.1, 0.15) is 0 Å². The number of benzene rings is 2. The summed E-state index contributed by atoms with van der Waals surface area (Å²) in [6.45, 7) is 2.16. The summed E-state index contributed by atoms with van der Waals surface area (Å²) in [7, 11) is 2.01. The van der Waals surface area contributed by atoms with Crippen molar-refractivity contribution < 1.29 is 0 Å². The van der Waals surface area contributed by atoms with Gasteiger partial charge in [-0.2, -0.15) is 0 Å². The number of nitrogens with zero attached hydrogens (tertiary/aromatic N) is 1. The SMILES string of the molecule is CNC(c1ccccc1C)c1ccnc2ccccc12. The van der Waals surface area contributed by atoms with Gasteiger partial charge >= 0.3 is 0 Å². The fourth-order valence-electron chi connectivity index (χ4n) is 2.76. The lowest BCUT2D eigenvalue weighted by molar-refractivity contribution is 0.692. The second-order valence-electron chi connectivity index (χ2n) is 5.00. The molecular weight excluding hydrogens is 244 g/mol. The van der Waals surface area contributed by atoms with E-state index in [-0.39, 0.29) is 6.04 Å². The highest BCUT2D eigenvalue weighted by atomic mass is 14.9. The van der Waals surface area contributed by atoms with E-state index in [2.05, 4.69) is 65.8 Å². The Morgan fingerprint density at radius 2 is 1.65 bits per heavy atom. The number of rotatable bonds is 3. The molecule has 20 heavy (non-hydrogen) atoms. The van der Waals surface area contributed by atoms with Crippen LogP contribution in [0.1, 0.15) is 22.7 Å². The molecule has 0 amide bonds. The first-order chi connectivity index (χ1) is 9.81. The third-order valence-corrected chi connectivity index (χ3v) is 3.78. The van der Waals surface area contributed by atoms with Crippen LogP contribution >= 0.6 is 0 Å². The van der Waals surface area contributed by atoms with Crippen LogP contribution in [0.25, 0.3) is 10.9 Å². The van der Waals surface area contributed by atoms with Crippen molar-refractivity contribution in [2.24, 2.45) is 0 Å². The highest BCUT2D eigenvalue weighted by Crippen LogP contribution is 2.29. The second kappa shape index (κ2) is 5.43.